The molecule has 4 aliphatic rings. The van der Waals surface area contributed by atoms with Crippen molar-refractivity contribution in [3.8, 4) is 5.75 Å². The molecule has 4 aliphatic heterocycles. The van der Waals surface area contributed by atoms with Crippen LogP contribution in [0, 0.1) is 11.8 Å². The summed E-state index contributed by atoms with van der Waals surface area (Å²) in [6, 6.07) is 14.9. The quantitative estimate of drug-likeness (QED) is 0.391. The molecule has 226 valence electrons. The number of benzene rings is 2. The summed E-state index contributed by atoms with van der Waals surface area (Å²) in [6.45, 7) is 2.05. The molecule has 0 bridgehead atoms. The number of cyclic esters (lactones) is 1. The largest absolute Gasteiger partial charge is 0.497 e. The number of aliphatic hydroxyl groups excluding tert-OH is 1. The van der Waals surface area contributed by atoms with Gasteiger partial charge in [-0.2, -0.15) is 0 Å². The highest BCUT2D eigenvalue weighted by atomic mass is 16.6. The monoisotopic (exact) mass is 586 g/mol. The van der Waals surface area contributed by atoms with E-state index in [2.05, 4.69) is 0 Å². The molecule has 2 aromatic rings. The minimum absolute atomic E-state index is 0.244. The van der Waals surface area contributed by atoms with Gasteiger partial charge in [0.15, 0.2) is 0 Å². The summed E-state index contributed by atoms with van der Waals surface area (Å²) in [5, 5.41) is 10.7. The zero-order valence-electron chi connectivity index (χ0n) is 24.6. The van der Waals surface area contributed by atoms with E-state index in [0.29, 0.717) is 37.1 Å². The molecule has 9 nitrogen and oxygen atoms in total. The molecule has 6 rings (SSSR count). The van der Waals surface area contributed by atoms with Gasteiger partial charge in [-0.3, -0.25) is 14.4 Å². The first-order chi connectivity index (χ1) is 20.9. The molecule has 2 aromatic carbocycles. The summed E-state index contributed by atoms with van der Waals surface area (Å²) in [5.41, 5.74) is -1.02. The lowest BCUT2D eigenvalue weighted by Crippen LogP contribution is -2.59. The topological polar surface area (TPSA) is 106 Å². The maximum atomic E-state index is 14.8. The van der Waals surface area contributed by atoms with Gasteiger partial charge in [0.2, 0.25) is 5.91 Å². The summed E-state index contributed by atoms with van der Waals surface area (Å²) >= 11 is 0. The number of allylic oxidation sites excluding steroid dienone is 1. The number of nitrogens with zero attached hydrogens (tertiary/aromatic N) is 2. The average Bonchev–Trinajstić information content (AvgIpc) is 3.42. The Morgan fingerprint density at radius 2 is 1.77 bits per heavy atom. The van der Waals surface area contributed by atoms with Crippen LogP contribution in [0.1, 0.15) is 31.7 Å². The van der Waals surface area contributed by atoms with E-state index < -0.39 is 41.1 Å². The first-order valence-corrected chi connectivity index (χ1v) is 15.0. The number of hydrogen-bond acceptors (Lipinski definition) is 7. The van der Waals surface area contributed by atoms with E-state index in [-0.39, 0.29) is 31.6 Å². The van der Waals surface area contributed by atoms with Gasteiger partial charge in [-0.15, -0.1) is 0 Å². The molecule has 1 N–H and O–H groups in total. The van der Waals surface area contributed by atoms with Crippen LogP contribution in [0.15, 0.2) is 78.9 Å². The number of fused-ring (bicyclic) bond motifs is 2. The fourth-order valence-corrected chi connectivity index (χ4v) is 7.34. The lowest BCUT2D eigenvalue weighted by molar-refractivity contribution is -0.161. The number of esters is 1. The van der Waals surface area contributed by atoms with Crippen LogP contribution in [-0.4, -0.2) is 77.9 Å². The van der Waals surface area contributed by atoms with Crippen LogP contribution < -0.4 is 9.64 Å². The SMILES string of the molecule is CC[C@@]12/C=C\CCCOC(=O)[C@@H]1[C@H]1C(=O)N([C@@H](CO)Cc3ccccc3)C3C(=O)N(c4ccc(OC)cc4)CC=C[C@@]31O2. The predicted octanol–water partition coefficient (Wildman–Crippen LogP) is 3.46. The van der Waals surface area contributed by atoms with Gasteiger partial charge in [0, 0.05) is 12.2 Å². The van der Waals surface area contributed by atoms with E-state index in [4.69, 9.17) is 14.2 Å². The van der Waals surface area contributed by atoms with Gasteiger partial charge in [0.05, 0.1) is 32.3 Å². The number of anilines is 1. The maximum Gasteiger partial charge on any atom is 0.313 e. The highest BCUT2D eigenvalue weighted by molar-refractivity contribution is 6.05. The zero-order valence-corrected chi connectivity index (χ0v) is 24.6. The minimum atomic E-state index is -1.44. The molecule has 2 fully saturated rings. The van der Waals surface area contributed by atoms with Crippen molar-refractivity contribution in [1.29, 1.82) is 0 Å². The summed E-state index contributed by atoms with van der Waals surface area (Å²) in [6.07, 6.45) is 9.68. The van der Waals surface area contributed by atoms with Crippen molar-refractivity contribution in [3.63, 3.8) is 0 Å². The first-order valence-electron chi connectivity index (χ1n) is 15.0. The molecule has 0 aliphatic carbocycles. The number of aliphatic hydroxyl groups is 1. The van der Waals surface area contributed by atoms with Crippen molar-refractivity contribution in [2.24, 2.45) is 11.8 Å². The van der Waals surface area contributed by atoms with Gasteiger partial charge in [-0.1, -0.05) is 61.6 Å². The summed E-state index contributed by atoms with van der Waals surface area (Å²) < 4.78 is 18.0. The minimum Gasteiger partial charge on any atom is -0.497 e. The smallest absolute Gasteiger partial charge is 0.313 e. The highest BCUT2D eigenvalue weighted by Gasteiger charge is 2.76. The van der Waals surface area contributed by atoms with Gasteiger partial charge in [0.1, 0.15) is 28.9 Å². The fourth-order valence-electron chi connectivity index (χ4n) is 7.34. The molecular formula is C34H38N2O7. The Hall–Kier alpha value is -3.95. The van der Waals surface area contributed by atoms with Crippen LogP contribution in [0.25, 0.3) is 0 Å². The van der Waals surface area contributed by atoms with Crippen LogP contribution in [-0.2, 0) is 30.3 Å². The van der Waals surface area contributed by atoms with E-state index in [1.54, 1.807) is 36.3 Å². The summed E-state index contributed by atoms with van der Waals surface area (Å²) in [4.78, 5) is 46.4. The lowest BCUT2D eigenvalue weighted by Gasteiger charge is -2.40. The Labute approximate surface area is 251 Å². The Bertz CT molecular complexity index is 1420. The molecular weight excluding hydrogens is 548 g/mol. The fraction of sp³-hybridized carbons (Fsp3) is 0.441. The van der Waals surface area contributed by atoms with Gasteiger partial charge >= 0.3 is 5.97 Å². The van der Waals surface area contributed by atoms with E-state index in [1.165, 1.54) is 4.90 Å². The second kappa shape index (κ2) is 11.6. The summed E-state index contributed by atoms with van der Waals surface area (Å²) in [5.74, 6) is -2.53. The first kappa shape index (κ1) is 29.1. The van der Waals surface area contributed by atoms with Gasteiger partial charge in [-0.05, 0) is 55.5 Å². The van der Waals surface area contributed by atoms with Crippen LogP contribution in [0.5, 0.6) is 5.75 Å². The third-order valence-corrected chi connectivity index (χ3v) is 9.37. The predicted molar refractivity (Wildman–Crippen MR) is 159 cm³/mol. The van der Waals surface area contributed by atoms with E-state index in [0.717, 1.165) is 5.56 Å². The van der Waals surface area contributed by atoms with Crippen molar-refractivity contribution in [2.75, 3.05) is 31.8 Å². The third-order valence-electron chi connectivity index (χ3n) is 9.37. The number of hydrogen-bond donors (Lipinski definition) is 1. The third kappa shape index (κ3) is 4.75. The molecule has 2 saturated heterocycles. The maximum absolute atomic E-state index is 14.8. The number of methoxy groups -OCH3 is 1. The second-order valence-electron chi connectivity index (χ2n) is 11.7. The van der Waals surface area contributed by atoms with Crippen LogP contribution in [0.4, 0.5) is 5.69 Å². The van der Waals surface area contributed by atoms with Crippen LogP contribution >= 0.6 is 0 Å². The molecule has 43 heavy (non-hydrogen) atoms. The zero-order chi connectivity index (χ0) is 30.2. The number of ether oxygens (including phenoxy) is 3. The molecule has 2 amide bonds. The molecule has 6 atom stereocenters. The number of rotatable bonds is 7. The van der Waals surface area contributed by atoms with Gasteiger partial charge in [0.25, 0.3) is 5.91 Å². The highest BCUT2D eigenvalue weighted by Crippen LogP contribution is 2.58. The number of carbonyl (C=O) groups excluding carboxylic acids is 3. The number of amides is 2. The normalized spacial score (nSPS) is 31.6. The van der Waals surface area contributed by atoms with Crippen molar-refractivity contribution in [2.45, 2.75) is 55.9 Å². The van der Waals surface area contributed by atoms with E-state index >= 15 is 0 Å². The molecule has 0 aromatic heterocycles. The molecule has 4 heterocycles. The molecule has 0 saturated carbocycles. The number of likely N-dealkylation sites (tertiary alicyclic amines) is 1. The summed E-state index contributed by atoms with van der Waals surface area (Å²) in [7, 11) is 1.58. The Balaban J connectivity index is 1.50. The Morgan fingerprint density at radius 3 is 2.47 bits per heavy atom. The Morgan fingerprint density at radius 1 is 1.00 bits per heavy atom. The van der Waals surface area contributed by atoms with E-state index in [1.807, 2.05) is 61.6 Å². The van der Waals surface area contributed by atoms with Gasteiger partial charge in [-0.25, -0.2) is 0 Å². The standard InChI is InChI=1S/C34H38N2O7/c1-3-33-17-8-5-9-20-42-32(40)28(33)27-30(38)36(25(22-37)21-23-11-6-4-7-12-23)29-31(39)35(19-10-18-34(27,29)43-33)24-13-15-26(41-2)16-14-24/h4,6-8,10-18,25,27-29,37H,3,5,9,19-22H2,1-2H3/b17-8-/t25-,27+,28+,29?,33-,34+/m1/s1. The van der Waals surface area contributed by atoms with Crippen molar-refractivity contribution < 1.29 is 33.7 Å². The molecule has 1 unspecified atom stereocenters. The van der Waals surface area contributed by atoms with Crippen molar-refractivity contribution >= 4 is 23.5 Å². The molecule has 9 heteroatoms. The van der Waals surface area contributed by atoms with Crippen molar-refractivity contribution in [3.05, 3.63) is 84.5 Å². The lowest BCUT2D eigenvalue weighted by atomic mass is 9.73. The van der Waals surface area contributed by atoms with E-state index in [9.17, 15) is 19.5 Å². The molecule has 1 spiro atoms. The second-order valence-corrected chi connectivity index (χ2v) is 11.7. The van der Waals surface area contributed by atoms with Gasteiger partial charge < -0.3 is 29.1 Å². The van der Waals surface area contributed by atoms with Crippen LogP contribution in [0.3, 0.4) is 0 Å². The molecule has 0 radical (unpaired) electrons. The van der Waals surface area contributed by atoms with Crippen molar-refractivity contribution in [1.82, 2.24) is 4.90 Å². The van der Waals surface area contributed by atoms with Crippen LogP contribution in [0.2, 0.25) is 0 Å². The number of carbonyl (C=O) groups is 3. The Kier molecular flexibility index (Phi) is 7.87. The average molecular weight is 587 g/mol.